The largest absolute Gasteiger partial charge is 0.453 e. The second kappa shape index (κ2) is 3.79. The van der Waals surface area contributed by atoms with Crippen molar-refractivity contribution >= 4 is 6.09 Å². The molecule has 1 amide bonds. The number of hydrogen-bond acceptors (Lipinski definition) is 2. The molecule has 1 N–H and O–H groups in total. The Morgan fingerprint density at radius 3 is 2.71 bits per heavy atom. The highest BCUT2D eigenvalue weighted by atomic mass is 16.5. The number of carbonyl (C=O) groups is 1. The van der Waals surface area contributed by atoms with E-state index in [1.54, 1.807) is 0 Å². The van der Waals surface area contributed by atoms with Gasteiger partial charge in [0.15, 0.2) is 0 Å². The molecule has 0 unspecified atom stereocenters. The lowest BCUT2D eigenvalue weighted by Gasteiger charge is -2.27. The van der Waals surface area contributed by atoms with Crippen molar-refractivity contribution in [2.24, 2.45) is 17.8 Å². The molecule has 3 nitrogen and oxygen atoms in total. The van der Waals surface area contributed by atoms with Crippen LogP contribution in [0.3, 0.4) is 0 Å². The zero-order valence-electron chi connectivity index (χ0n) is 8.95. The van der Waals surface area contributed by atoms with Crippen molar-refractivity contribution < 1.29 is 9.53 Å². The molecule has 2 fully saturated rings. The molecule has 2 bridgehead atoms. The van der Waals surface area contributed by atoms with Crippen molar-refractivity contribution in [1.29, 1.82) is 0 Å². The molecular formula is C11H19NO2. The fourth-order valence-corrected chi connectivity index (χ4v) is 3.26. The molecule has 2 aliphatic rings. The van der Waals surface area contributed by atoms with Crippen molar-refractivity contribution in [1.82, 2.24) is 5.32 Å². The number of carbonyl (C=O) groups excluding carboxylic acids is 1. The van der Waals surface area contributed by atoms with Crippen LogP contribution in [-0.2, 0) is 4.74 Å². The fraction of sp³-hybridized carbons (Fsp3) is 0.909. The van der Waals surface area contributed by atoms with E-state index in [0.29, 0.717) is 5.92 Å². The number of rotatable bonds is 2. The van der Waals surface area contributed by atoms with E-state index < -0.39 is 0 Å². The second-order valence-electron chi connectivity index (χ2n) is 4.76. The Hall–Kier alpha value is -0.730. The summed E-state index contributed by atoms with van der Waals surface area (Å²) in [6.07, 6.45) is 5.17. The number of methoxy groups -OCH3 is 1. The van der Waals surface area contributed by atoms with Gasteiger partial charge in [-0.25, -0.2) is 4.79 Å². The number of nitrogens with one attached hydrogen (secondary N) is 1. The van der Waals surface area contributed by atoms with Crippen LogP contribution < -0.4 is 5.32 Å². The van der Waals surface area contributed by atoms with Crippen molar-refractivity contribution in [2.75, 3.05) is 7.11 Å². The summed E-state index contributed by atoms with van der Waals surface area (Å²) in [7, 11) is 1.42. The minimum Gasteiger partial charge on any atom is -0.453 e. The normalized spacial score (nSPS) is 36.9. The minimum absolute atomic E-state index is 0.276. The monoisotopic (exact) mass is 197 g/mol. The summed E-state index contributed by atoms with van der Waals surface area (Å²) in [4.78, 5) is 11.1. The molecule has 4 atom stereocenters. The van der Waals surface area contributed by atoms with Gasteiger partial charge < -0.3 is 10.1 Å². The lowest BCUT2D eigenvalue weighted by atomic mass is 9.84. The first-order valence-corrected chi connectivity index (χ1v) is 5.55. The van der Waals surface area contributed by atoms with Gasteiger partial charge in [0.05, 0.1) is 7.11 Å². The van der Waals surface area contributed by atoms with Crippen LogP contribution in [0.1, 0.15) is 32.6 Å². The van der Waals surface area contributed by atoms with Crippen LogP contribution in [0.5, 0.6) is 0 Å². The maximum absolute atomic E-state index is 11.1. The van der Waals surface area contributed by atoms with Crippen molar-refractivity contribution in [3.05, 3.63) is 0 Å². The van der Waals surface area contributed by atoms with E-state index in [1.165, 1.54) is 32.8 Å². The number of alkyl carbamates (subject to hydrolysis) is 1. The Morgan fingerprint density at radius 2 is 2.21 bits per heavy atom. The third kappa shape index (κ3) is 1.72. The highest BCUT2D eigenvalue weighted by Gasteiger charge is 2.42. The molecule has 2 saturated carbocycles. The average molecular weight is 197 g/mol. The van der Waals surface area contributed by atoms with E-state index in [-0.39, 0.29) is 12.1 Å². The van der Waals surface area contributed by atoms with Gasteiger partial charge in [0.2, 0.25) is 0 Å². The van der Waals surface area contributed by atoms with Gasteiger partial charge in [0.1, 0.15) is 0 Å². The fourth-order valence-electron chi connectivity index (χ4n) is 3.26. The third-order valence-electron chi connectivity index (χ3n) is 3.97. The summed E-state index contributed by atoms with van der Waals surface area (Å²) in [5, 5.41) is 2.90. The van der Waals surface area contributed by atoms with Crippen molar-refractivity contribution in [3.63, 3.8) is 0 Å². The van der Waals surface area contributed by atoms with E-state index in [9.17, 15) is 4.79 Å². The van der Waals surface area contributed by atoms with Crippen molar-refractivity contribution in [3.8, 4) is 0 Å². The molecule has 0 heterocycles. The first-order chi connectivity index (χ1) is 6.70. The van der Waals surface area contributed by atoms with E-state index >= 15 is 0 Å². The first-order valence-electron chi connectivity index (χ1n) is 5.55. The van der Waals surface area contributed by atoms with Crippen LogP contribution in [-0.4, -0.2) is 19.2 Å². The van der Waals surface area contributed by atoms with Gasteiger partial charge in [-0.2, -0.15) is 0 Å². The first kappa shape index (κ1) is 9.81. The Morgan fingerprint density at radius 1 is 1.43 bits per heavy atom. The summed E-state index contributed by atoms with van der Waals surface area (Å²) in [6, 6.07) is 0.276. The van der Waals surface area contributed by atoms with Crippen LogP contribution in [0.4, 0.5) is 4.79 Å². The molecule has 3 heteroatoms. The van der Waals surface area contributed by atoms with Gasteiger partial charge in [0, 0.05) is 6.04 Å². The number of hydrogen-bond donors (Lipinski definition) is 1. The highest BCUT2D eigenvalue weighted by Crippen LogP contribution is 2.49. The highest BCUT2D eigenvalue weighted by molar-refractivity contribution is 5.67. The Balaban J connectivity index is 1.86. The zero-order chi connectivity index (χ0) is 10.1. The maximum atomic E-state index is 11.1. The zero-order valence-corrected chi connectivity index (χ0v) is 8.95. The van der Waals surface area contributed by atoms with E-state index in [4.69, 9.17) is 0 Å². The second-order valence-corrected chi connectivity index (χ2v) is 4.76. The Labute approximate surface area is 85.2 Å². The van der Waals surface area contributed by atoms with Crippen LogP contribution >= 0.6 is 0 Å². The topological polar surface area (TPSA) is 38.3 Å². The van der Waals surface area contributed by atoms with Crippen LogP contribution in [0.2, 0.25) is 0 Å². The van der Waals surface area contributed by atoms with E-state index in [2.05, 4.69) is 17.0 Å². The lowest BCUT2D eigenvalue weighted by molar-refractivity contribution is 0.157. The summed E-state index contributed by atoms with van der Waals surface area (Å²) in [5.41, 5.74) is 0. The molecule has 80 valence electrons. The van der Waals surface area contributed by atoms with Crippen LogP contribution in [0, 0.1) is 17.8 Å². The molecule has 14 heavy (non-hydrogen) atoms. The maximum Gasteiger partial charge on any atom is 0.407 e. The number of ether oxygens (including phenoxy) is 1. The molecular weight excluding hydrogens is 178 g/mol. The quantitative estimate of drug-likeness (QED) is 0.736. The Bertz CT molecular complexity index is 229. The smallest absolute Gasteiger partial charge is 0.407 e. The van der Waals surface area contributed by atoms with Crippen molar-refractivity contribution in [2.45, 2.75) is 38.6 Å². The van der Waals surface area contributed by atoms with E-state index in [0.717, 1.165) is 11.8 Å². The van der Waals surface area contributed by atoms with Gasteiger partial charge in [-0.3, -0.25) is 0 Å². The van der Waals surface area contributed by atoms with Gasteiger partial charge in [-0.1, -0.05) is 6.42 Å². The lowest BCUT2D eigenvalue weighted by Crippen LogP contribution is -2.39. The predicted molar refractivity (Wildman–Crippen MR) is 53.9 cm³/mol. The van der Waals surface area contributed by atoms with Gasteiger partial charge in [-0.05, 0) is 43.9 Å². The third-order valence-corrected chi connectivity index (χ3v) is 3.97. The molecule has 0 aromatic rings. The molecule has 0 aliphatic heterocycles. The van der Waals surface area contributed by atoms with E-state index in [1.807, 2.05) is 0 Å². The molecule has 0 aromatic heterocycles. The molecule has 2 rings (SSSR count). The minimum atomic E-state index is -0.291. The average Bonchev–Trinajstić information content (AvgIpc) is 2.78. The standard InChI is InChI=1S/C11H19NO2/c1-7(12-11(13)14-2)10-6-8-3-4-9(10)5-8/h7-10H,3-6H2,1-2H3,(H,12,13)/t7-,8-,9-,10-/m1/s1. The summed E-state index contributed by atoms with van der Waals surface area (Å²) in [5.74, 6) is 2.48. The van der Waals surface area contributed by atoms with Crippen LogP contribution in [0.15, 0.2) is 0 Å². The summed E-state index contributed by atoms with van der Waals surface area (Å²) in [6.45, 7) is 2.10. The molecule has 0 radical (unpaired) electrons. The van der Waals surface area contributed by atoms with Gasteiger partial charge in [0.25, 0.3) is 0 Å². The van der Waals surface area contributed by atoms with Crippen LogP contribution in [0.25, 0.3) is 0 Å². The molecule has 0 saturated heterocycles. The Kier molecular flexibility index (Phi) is 2.66. The van der Waals surface area contributed by atoms with Gasteiger partial charge >= 0.3 is 6.09 Å². The number of amides is 1. The summed E-state index contributed by atoms with van der Waals surface area (Å²) >= 11 is 0. The molecule has 2 aliphatic carbocycles. The summed E-state index contributed by atoms with van der Waals surface area (Å²) < 4.78 is 4.61. The number of fused-ring (bicyclic) bond motifs is 2. The SMILES string of the molecule is COC(=O)N[C@H](C)[C@H]1C[C@@H]2CC[C@@H]1C2. The predicted octanol–water partition coefficient (Wildman–Crippen LogP) is 2.17. The molecule has 0 aromatic carbocycles. The molecule has 0 spiro atoms. The van der Waals surface area contributed by atoms with Gasteiger partial charge in [-0.15, -0.1) is 0 Å².